The number of carbonyl (C=O) groups excluding carboxylic acids is 6. The molecule has 1 aliphatic rings. The number of anilines is 4. The monoisotopic (exact) mass is 1060 g/mol. The molecule has 25 heteroatoms. The van der Waals surface area contributed by atoms with E-state index in [0.717, 1.165) is 5.69 Å². The van der Waals surface area contributed by atoms with Crippen LogP contribution in [0.25, 0.3) is 33.7 Å². The van der Waals surface area contributed by atoms with Gasteiger partial charge in [0.2, 0.25) is 11.9 Å². The molecule has 0 bridgehead atoms. The van der Waals surface area contributed by atoms with Gasteiger partial charge in [0.1, 0.15) is 23.1 Å². The fourth-order valence-corrected chi connectivity index (χ4v) is 7.83. The van der Waals surface area contributed by atoms with Crippen LogP contribution in [-0.2, 0) is 44.6 Å². The van der Waals surface area contributed by atoms with Crippen molar-refractivity contribution in [2.75, 3.05) is 95.2 Å². The molecule has 25 nitrogen and oxygen atoms in total. The van der Waals surface area contributed by atoms with Gasteiger partial charge in [0.25, 0.3) is 11.8 Å². The first-order valence-corrected chi connectivity index (χ1v) is 24.5. The number of H-pyrrole nitrogens is 1. The highest BCUT2D eigenvalue weighted by Gasteiger charge is 2.35. The van der Waals surface area contributed by atoms with E-state index in [-0.39, 0.29) is 81.7 Å². The van der Waals surface area contributed by atoms with Crippen LogP contribution in [0.3, 0.4) is 0 Å². The lowest BCUT2D eigenvalue weighted by Crippen LogP contribution is -2.45. The molecular formula is C52H61N13O12. The Bertz CT molecular complexity index is 3070. The number of ketones is 1. The largest absolute Gasteiger partial charge is 0.484 e. The van der Waals surface area contributed by atoms with Crippen molar-refractivity contribution in [3.05, 3.63) is 95.3 Å². The number of nitrogens with zero attached hydrogens (tertiary/aromatic N) is 6. The number of esters is 1. The van der Waals surface area contributed by atoms with E-state index in [2.05, 4.69) is 51.4 Å². The van der Waals surface area contributed by atoms with Crippen LogP contribution in [0.1, 0.15) is 65.6 Å². The predicted octanol–water partition coefficient (Wildman–Crippen LogP) is 3.58. The molecule has 77 heavy (non-hydrogen) atoms. The first-order valence-electron chi connectivity index (χ1n) is 24.5. The lowest BCUT2D eigenvalue weighted by atomic mass is 10.0. The van der Waals surface area contributed by atoms with E-state index in [1.54, 1.807) is 93.7 Å². The Kier molecular flexibility index (Phi) is 19.0. The summed E-state index contributed by atoms with van der Waals surface area (Å²) >= 11 is 0. The van der Waals surface area contributed by atoms with Crippen LogP contribution in [0, 0.1) is 0 Å². The minimum absolute atomic E-state index is 0.00212. The van der Waals surface area contributed by atoms with Gasteiger partial charge < -0.3 is 60.7 Å². The van der Waals surface area contributed by atoms with Gasteiger partial charge in [0, 0.05) is 48.9 Å². The fraction of sp³-hybridized carbons (Fsp3) is 0.365. The van der Waals surface area contributed by atoms with Crippen LogP contribution < -0.4 is 42.4 Å². The van der Waals surface area contributed by atoms with Gasteiger partial charge in [-0.15, -0.1) is 0 Å². The lowest BCUT2D eigenvalue weighted by Gasteiger charge is -2.24. The molecule has 1 aliphatic carbocycles. The summed E-state index contributed by atoms with van der Waals surface area (Å²) in [5.41, 5.74) is 16.4. The summed E-state index contributed by atoms with van der Waals surface area (Å²) in [4.78, 5) is 95.7. The molecule has 6 aromatic rings. The van der Waals surface area contributed by atoms with E-state index in [9.17, 15) is 28.8 Å². The second-order valence-electron chi connectivity index (χ2n) is 18.3. The quantitative estimate of drug-likeness (QED) is 0.0301. The van der Waals surface area contributed by atoms with Crippen LogP contribution in [0.5, 0.6) is 5.75 Å². The van der Waals surface area contributed by atoms with Crippen molar-refractivity contribution < 1.29 is 57.2 Å². The zero-order valence-corrected chi connectivity index (χ0v) is 43.2. The van der Waals surface area contributed by atoms with Crippen LogP contribution >= 0.6 is 0 Å². The molecular weight excluding hydrogens is 999 g/mol. The van der Waals surface area contributed by atoms with E-state index >= 15 is 0 Å². The molecule has 0 spiro atoms. The second-order valence-corrected chi connectivity index (χ2v) is 18.3. The molecule has 3 heterocycles. The Morgan fingerprint density at radius 1 is 0.805 bits per heavy atom. The molecule has 0 fully saturated rings. The predicted molar refractivity (Wildman–Crippen MR) is 282 cm³/mol. The number of nitrogens with two attached hydrogens (primary N) is 2. The summed E-state index contributed by atoms with van der Waals surface area (Å²) in [6.07, 6.45) is 0.817. The van der Waals surface area contributed by atoms with Gasteiger partial charge in [-0.2, -0.15) is 15.1 Å². The van der Waals surface area contributed by atoms with Crippen molar-refractivity contribution in [3.8, 4) is 28.3 Å². The summed E-state index contributed by atoms with van der Waals surface area (Å²) in [6.45, 7) is 7.39. The average Bonchev–Trinajstić information content (AvgIpc) is 3.99. The number of benzene rings is 3. The lowest BCUT2D eigenvalue weighted by molar-refractivity contribution is -0.157. The second kappa shape index (κ2) is 26.1. The smallest absolute Gasteiger partial charge is 0.411 e. The fourth-order valence-electron chi connectivity index (χ4n) is 7.83. The summed E-state index contributed by atoms with van der Waals surface area (Å²) in [5.74, 6) is -1.57. The number of aromatic nitrogens is 6. The maximum Gasteiger partial charge on any atom is 0.411 e. The van der Waals surface area contributed by atoms with Crippen LogP contribution in [0.4, 0.5) is 27.9 Å². The highest BCUT2D eigenvalue weighted by Crippen LogP contribution is 2.43. The molecule has 0 saturated carbocycles. The van der Waals surface area contributed by atoms with E-state index in [1.165, 1.54) is 7.11 Å². The van der Waals surface area contributed by atoms with E-state index in [0.29, 0.717) is 93.9 Å². The number of rotatable bonds is 26. The normalized spacial score (nSPS) is 12.0. The number of methoxy groups -OCH3 is 1. The molecule has 9 N–H and O–H groups in total. The third-order valence-corrected chi connectivity index (χ3v) is 11.5. The number of hydrogen-bond donors (Lipinski definition) is 7. The van der Waals surface area contributed by atoms with Crippen molar-refractivity contribution in [2.24, 2.45) is 0 Å². The number of aromatic amines is 1. The highest BCUT2D eigenvalue weighted by molar-refractivity contribution is 6.26. The van der Waals surface area contributed by atoms with Gasteiger partial charge in [-0.05, 0) is 81.8 Å². The molecule has 4 amide bonds. The van der Waals surface area contributed by atoms with Crippen LogP contribution in [-0.4, -0.2) is 151 Å². The zero-order chi connectivity index (χ0) is 55.1. The SMILES string of the molecule is COC(=O)Nc1cccc2c1C(=O)c1c(-c3ccc(OCC(=O)NCCOCCOCCOCCNC(=O)CC[C@H](NC(=O)c4ccc(N(C)Cc5cnc6nc(N)nc(N)c6n5)cc4)C(=O)OC(C)(C)C)cc3)n[nH]c1-2. The molecule has 406 valence electrons. The topological polar surface area (TPSA) is 341 Å². The third-order valence-electron chi connectivity index (χ3n) is 11.5. The van der Waals surface area contributed by atoms with Crippen molar-refractivity contribution in [3.63, 3.8) is 0 Å². The summed E-state index contributed by atoms with van der Waals surface area (Å²) in [5, 5.41) is 18.1. The Morgan fingerprint density at radius 2 is 1.48 bits per heavy atom. The van der Waals surface area contributed by atoms with Gasteiger partial charge in [-0.1, -0.05) is 12.1 Å². The maximum atomic E-state index is 13.5. The Labute approximate surface area is 442 Å². The summed E-state index contributed by atoms with van der Waals surface area (Å²) in [6, 6.07) is 17.6. The molecule has 0 unspecified atom stereocenters. The van der Waals surface area contributed by atoms with Gasteiger partial charge >= 0.3 is 12.1 Å². The van der Waals surface area contributed by atoms with E-state index in [4.69, 9.17) is 39.9 Å². The number of amides is 4. The maximum absolute atomic E-state index is 13.5. The van der Waals surface area contributed by atoms with Crippen molar-refractivity contribution in [2.45, 2.75) is 51.8 Å². The molecule has 0 radical (unpaired) electrons. The van der Waals surface area contributed by atoms with Crippen LogP contribution in [0.15, 0.2) is 72.9 Å². The van der Waals surface area contributed by atoms with E-state index in [1.807, 2.05) is 11.9 Å². The number of ether oxygens (including phenoxy) is 6. The van der Waals surface area contributed by atoms with Gasteiger partial charge in [0.05, 0.1) is 87.7 Å². The molecule has 3 aromatic heterocycles. The standard InChI is InChI=1S/C52H61N13O12/c1-52(2,3)77-49(70)37(59-48(69)31-9-13-33(14-10-31)65(4)28-32-27-57-47-44(58-32)46(53)61-50(54)62-47)17-18-38(66)55-19-21-73-23-25-75-26-24-74-22-20-56-39(67)29-76-34-15-11-30(12-16-34)42-41-43(64-63-42)35-7-6-8-36(40(35)45(41)68)60-51(71)72-5/h6-16,27,37H,17-26,28-29H2,1-5H3,(H,55,66)(H,56,67)(H,59,69)(H,60,71)(H,63,64)(H4,53,54,57,61,62)/t37-/m0/s1. The average molecular weight is 1060 g/mol. The molecule has 0 aliphatic heterocycles. The van der Waals surface area contributed by atoms with Gasteiger partial charge in [0.15, 0.2) is 29.4 Å². The van der Waals surface area contributed by atoms with Gasteiger partial charge in [-0.25, -0.2) is 19.6 Å². The Morgan fingerprint density at radius 3 is 2.16 bits per heavy atom. The number of fused-ring (bicyclic) bond motifs is 4. The minimum atomic E-state index is -1.09. The third kappa shape index (κ3) is 15.4. The Hall–Kier alpha value is -8.81. The molecule has 1 atom stereocenters. The van der Waals surface area contributed by atoms with Crippen LogP contribution in [0.2, 0.25) is 0 Å². The number of nitrogen functional groups attached to an aromatic ring is 2. The van der Waals surface area contributed by atoms with Gasteiger partial charge in [-0.3, -0.25) is 29.6 Å². The Balaban J connectivity index is 0.719. The first-order chi connectivity index (χ1) is 37.0. The molecule has 0 saturated heterocycles. The zero-order valence-electron chi connectivity index (χ0n) is 43.2. The highest BCUT2D eigenvalue weighted by atomic mass is 16.6. The first kappa shape index (κ1) is 55.9. The van der Waals surface area contributed by atoms with Crippen molar-refractivity contribution >= 4 is 69.9 Å². The number of hydrogen-bond acceptors (Lipinski definition) is 20. The summed E-state index contributed by atoms with van der Waals surface area (Å²) in [7, 11) is 3.09. The van der Waals surface area contributed by atoms with Crippen molar-refractivity contribution in [1.82, 2.24) is 46.1 Å². The molecule has 3 aromatic carbocycles. The van der Waals surface area contributed by atoms with E-state index < -0.39 is 29.6 Å². The minimum Gasteiger partial charge on any atom is -0.484 e. The number of carbonyl (C=O) groups is 6. The molecule has 7 rings (SSSR count). The summed E-state index contributed by atoms with van der Waals surface area (Å²) < 4.78 is 32.5. The number of nitrogens with one attached hydrogen (secondary N) is 5. The van der Waals surface area contributed by atoms with Crippen molar-refractivity contribution in [1.29, 1.82) is 0 Å².